The molecule has 0 amide bonds. The van der Waals surface area contributed by atoms with Gasteiger partial charge in [0.25, 0.3) is 0 Å². The Hall–Kier alpha value is -2.73. The predicted octanol–water partition coefficient (Wildman–Crippen LogP) is 0.766. The molecular formula is C22H29NO9S. The van der Waals surface area contributed by atoms with Crippen LogP contribution in [0.2, 0.25) is 0 Å². The zero-order chi connectivity index (χ0) is 24.8. The minimum Gasteiger partial charge on any atom is -0.507 e. The Bertz CT molecular complexity index is 1030. The number of hydrogen-bond donors (Lipinski definition) is 4. The highest BCUT2D eigenvalue weighted by molar-refractivity contribution is 7.88. The molecule has 0 bridgehead atoms. The number of aliphatic hydroxyl groups is 2. The van der Waals surface area contributed by atoms with Gasteiger partial charge in [0.05, 0.1) is 12.4 Å². The topological polar surface area (TPSA) is 159 Å². The number of ether oxygens (including phenoxy) is 2. The number of phenolic OH excluding ortho intramolecular Hbond substituents is 1. The van der Waals surface area contributed by atoms with Crippen LogP contribution in [0.4, 0.5) is 0 Å². The molecular weight excluding hydrogens is 454 g/mol. The Morgan fingerprint density at radius 3 is 2.55 bits per heavy atom. The van der Waals surface area contributed by atoms with Crippen molar-refractivity contribution >= 4 is 27.9 Å². The third kappa shape index (κ3) is 7.97. The number of hydrogen-bond acceptors (Lipinski definition) is 9. The standard InChI is InChI=1S/C22H29NO9S/c1-13-7-8-18(25)21(27)17(24)6-4-5-15-11-16(31-10-9-23-33(3,29)30)12-19(26)20(15)22(28)32-14(13)2/h4-5,7-8,11-14,17,21,23-24,26-27H,6,9-10H2,1-3H3/b5-4+,8-7-/t13-,14?,17?,21?/m1/s1. The van der Waals surface area contributed by atoms with Gasteiger partial charge in [-0.25, -0.2) is 17.9 Å². The van der Waals surface area contributed by atoms with Crippen molar-refractivity contribution in [2.75, 3.05) is 19.4 Å². The molecule has 11 heteroatoms. The molecule has 1 heterocycles. The zero-order valence-electron chi connectivity index (χ0n) is 18.6. The van der Waals surface area contributed by atoms with Crippen LogP contribution < -0.4 is 9.46 Å². The van der Waals surface area contributed by atoms with Gasteiger partial charge >= 0.3 is 5.97 Å². The number of rotatable bonds is 5. The summed E-state index contributed by atoms with van der Waals surface area (Å²) in [5, 5.41) is 30.7. The molecule has 10 nitrogen and oxygen atoms in total. The van der Waals surface area contributed by atoms with Crippen LogP contribution in [0.3, 0.4) is 0 Å². The van der Waals surface area contributed by atoms with Gasteiger partial charge in [0.15, 0.2) is 5.78 Å². The van der Waals surface area contributed by atoms with Gasteiger partial charge in [-0.15, -0.1) is 0 Å². The second kappa shape index (κ2) is 11.4. The van der Waals surface area contributed by atoms with Crippen molar-refractivity contribution in [3.05, 3.63) is 41.5 Å². The molecule has 0 aromatic heterocycles. The number of carbonyl (C=O) groups is 2. The number of benzene rings is 1. The van der Waals surface area contributed by atoms with E-state index in [4.69, 9.17) is 9.47 Å². The molecule has 2 rings (SSSR count). The number of carbonyl (C=O) groups excluding carboxylic acids is 2. The van der Waals surface area contributed by atoms with Crippen molar-refractivity contribution in [3.63, 3.8) is 0 Å². The van der Waals surface area contributed by atoms with Gasteiger partial charge in [-0.1, -0.05) is 25.2 Å². The van der Waals surface area contributed by atoms with E-state index >= 15 is 0 Å². The van der Waals surface area contributed by atoms with Crippen LogP contribution in [-0.4, -0.2) is 73.2 Å². The van der Waals surface area contributed by atoms with Gasteiger partial charge in [0.2, 0.25) is 10.0 Å². The highest BCUT2D eigenvalue weighted by Crippen LogP contribution is 2.31. The molecule has 33 heavy (non-hydrogen) atoms. The first-order valence-electron chi connectivity index (χ1n) is 10.3. The number of sulfonamides is 1. The van der Waals surface area contributed by atoms with Crippen molar-refractivity contribution in [1.29, 1.82) is 0 Å². The summed E-state index contributed by atoms with van der Waals surface area (Å²) < 4.78 is 35.5. The fourth-order valence-corrected chi connectivity index (χ4v) is 3.40. The number of aromatic hydroxyl groups is 1. The lowest BCUT2D eigenvalue weighted by Gasteiger charge is -2.20. The number of fused-ring (bicyclic) bond motifs is 1. The Labute approximate surface area is 192 Å². The molecule has 1 aliphatic rings. The molecule has 0 fully saturated rings. The van der Waals surface area contributed by atoms with Crippen LogP contribution in [0.5, 0.6) is 11.5 Å². The molecule has 0 spiro atoms. The van der Waals surface area contributed by atoms with Crippen LogP contribution >= 0.6 is 0 Å². The third-order valence-corrected chi connectivity index (χ3v) is 5.72. The average molecular weight is 484 g/mol. The first-order valence-corrected chi connectivity index (χ1v) is 12.2. The fraction of sp³-hybridized carbons (Fsp3) is 0.455. The molecule has 0 aliphatic carbocycles. The van der Waals surface area contributed by atoms with Crippen LogP contribution in [0.15, 0.2) is 30.4 Å². The first kappa shape index (κ1) is 26.5. The van der Waals surface area contributed by atoms with Gasteiger partial charge in [-0.05, 0) is 31.1 Å². The molecule has 4 atom stereocenters. The van der Waals surface area contributed by atoms with E-state index in [9.17, 15) is 33.3 Å². The summed E-state index contributed by atoms with van der Waals surface area (Å²) in [6.07, 6.45) is 2.72. The minimum atomic E-state index is -3.38. The van der Waals surface area contributed by atoms with Gasteiger partial charge < -0.3 is 24.8 Å². The van der Waals surface area contributed by atoms with E-state index in [1.807, 2.05) is 0 Å². The maximum Gasteiger partial charge on any atom is 0.342 e. The second-order valence-electron chi connectivity index (χ2n) is 7.80. The van der Waals surface area contributed by atoms with Crippen LogP contribution in [0, 0.1) is 5.92 Å². The molecule has 0 saturated heterocycles. The van der Waals surface area contributed by atoms with E-state index in [0.29, 0.717) is 0 Å². The largest absolute Gasteiger partial charge is 0.507 e. The molecule has 1 aromatic carbocycles. The molecule has 0 radical (unpaired) electrons. The Balaban J connectivity index is 2.37. The van der Waals surface area contributed by atoms with Gasteiger partial charge in [-0.2, -0.15) is 0 Å². The molecule has 1 aliphatic heterocycles. The van der Waals surface area contributed by atoms with E-state index in [2.05, 4.69) is 4.72 Å². The lowest BCUT2D eigenvalue weighted by Crippen LogP contribution is -2.32. The van der Waals surface area contributed by atoms with Gasteiger partial charge in [0, 0.05) is 18.5 Å². The van der Waals surface area contributed by atoms with Gasteiger partial charge in [-0.3, -0.25) is 4.79 Å². The minimum absolute atomic E-state index is 0.00437. The lowest BCUT2D eigenvalue weighted by atomic mass is 9.99. The summed E-state index contributed by atoms with van der Waals surface area (Å²) in [5.74, 6) is -2.10. The van der Waals surface area contributed by atoms with Crippen molar-refractivity contribution in [3.8, 4) is 11.5 Å². The number of ketones is 1. The van der Waals surface area contributed by atoms with E-state index in [-0.39, 0.29) is 36.4 Å². The molecule has 4 N–H and O–H groups in total. The smallest absolute Gasteiger partial charge is 0.342 e. The van der Waals surface area contributed by atoms with Crippen molar-refractivity contribution < 1.29 is 42.8 Å². The van der Waals surface area contributed by atoms with Crippen molar-refractivity contribution in [2.45, 2.75) is 38.6 Å². The highest BCUT2D eigenvalue weighted by atomic mass is 32.2. The Kier molecular flexibility index (Phi) is 9.17. The third-order valence-electron chi connectivity index (χ3n) is 4.99. The summed E-state index contributed by atoms with van der Waals surface area (Å²) in [6.45, 7) is 3.29. The SMILES string of the molecule is CC1OC(=O)c2c(O)cc(OCCNS(C)(=O)=O)cc2/C=C/CC(O)C(O)C(=O)/C=C\[C@H]1C. The Morgan fingerprint density at radius 1 is 1.18 bits per heavy atom. The lowest BCUT2D eigenvalue weighted by molar-refractivity contribution is -0.127. The molecule has 182 valence electrons. The molecule has 0 saturated carbocycles. The van der Waals surface area contributed by atoms with E-state index < -0.39 is 51.8 Å². The Morgan fingerprint density at radius 2 is 1.88 bits per heavy atom. The average Bonchev–Trinajstić information content (AvgIpc) is 2.72. The van der Waals surface area contributed by atoms with Crippen molar-refractivity contribution in [2.24, 2.45) is 5.92 Å². The predicted molar refractivity (Wildman–Crippen MR) is 120 cm³/mol. The number of phenols is 1. The molecule has 1 aromatic rings. The summed E-state index contributed by atoms with van der Waals surface area (Å²) in [7, 11) is -3.38. The van der Waals surface area contributed by atoms with E-state index in [1.165, 1.54) is 30.4 Å². The first-order chi connectivity index (χ1) is 15.4. The fourth-order valence-electron chi connectivity index (χ4n) is 2.94. The number of cyclic esters (lactones) is 1. The van der Waals surface area contributed by atoms with Crippen molar-refractivity contribution in [1.82, 2.24) is 4.72 Å². The summed E-state index contributed by atoms with van der Waals surface area (Å²) >= 11 is 0. The highest BCUT2D eigenvalue weighted by Gasteiger charge is 2.25. The maximum absolute atomic E-state index is 12.8. The van der Waals surface area contributed by atoms with Gasteiger partial charge in [0.1, 0.15) is 35.9 Å². The monoisotopic (exact) mass is 483 g/mol. The summed E-state index contributed by atoms with van der Waals surface area (Å²) in [4.78, 5) is 24.9. The number of esters is 1. The normalized spacial score (nSPS) is 26.6. The number of nitrogens with one attached hydrogen (secondary N) is 1. The van der Waals surface area contributed by atoms with Crippen LogP contribution in [-0.2, 0) is 19.6 Å². The summed E-state index contributed by atoms with van der Waals surface area (Å²) in [5.41, 5.74) is 0.0885. The molecule has 3 unspecified atom stereocenters. The van der Waals surface area contributed by atoms with E-state index in [1.54, 1.807) is 13.8 Å². The van der Waals surface area contributed by atoms with Crippen LogP contribution in [0.1, 0.15) is 36.2 Å². The van der Waals surface area contributed by atoms with E-state index in [0.717, 1.165) is 12.3 Å². The quantitative estimate of drug-likeness (QED) is 0.350. The second-order valence-corrected chi connectivity index (χ2v) is 9.64. The number of aliphatic hydroxyl groups excluding tert-OH is 2. The van der Waals surface area contributed by atoms with Crippen LogP contribution in [0.25, 0.3) is 6.08 Å². The maximum atomic E-state index is 12.8. The zero-order valence-corrected chi connectivity index (χ0v) is 19.4. The summed E-state index contributed by atoms with van der Waals surface area (Å²) in [6, 6.07) is 2.66.